The van der Waals surface area contributed by atoms with Crippen LogP contribution in [0.25, 0.3) is 0 Å². The maximum absolute atomic E-state index is 12.9. The Hall–Kier alpha value is -2.25. The van der Waals surface area contributed by atoms with Gasteiger partial charge in [0.15, 0.2) is 0 Å². The van der Waals surface area contributed by atoms with Gasteiger partial charge < -0.3 is 14.4 Å². The van der Waals surface area contributed by atoms with Crippen LogP contribution in [0.2, 0.25) is 0 Å². The van der Waals surface area contributed by atoms with E-state index in [9.17, 15) is 8.42 Å². The first-order valence-electron chi connectivity index (χ1n) is 9.07. The van der Waals surface area contributed by atoms with Gasteiger partial charge in [0.1, 0.15) is 10.6 Å². The highest BCUT2D eigenvalue weighted by atomic mass is 32.2. The van der Waals surface area contributed by atoms with Gasteiger partial charge in [0.25, 0.3) is 10.0 Å². The summed E-state index contributed by atoms with van der Waals surface area (Å²) in [6.07, 6.45) is 1.25. The zero-order valence-electron chi connectivity index (χ0n) is 15.9. The van der Waals surface area contributed by atoms with Crippen LogP contribution >= 0.6 is 0 Å². The molecule has 1 heterocycles. The third-order valence-electron chi connectivity index (χ3n) is 4.65. The molecule has 0 amide bonds. The maximum Gasteiger partial charge on any atom is 0.265 e. The molecule has 1 aliphatic heterocycles. The number of nitrogens with one attached hydrogen (secondary N) is 1. The molecule has 1 aliphatic rings. The molecule has 1 fully saturated rings. The molecule has 7 heteroatoms. The van der Waals surface area contributed by atoms with Crippen LogP contribution in [0.15, 0.2) is 47.4 Å². The molecule has 2 aromatic rings. The second kappa shape index (κ2) is 8.19. The Morgan fingerprint density at radius 3 is 2.56 bits per heavy atom. The Morgan fingerprint density at radius 1 is 1.19 bits per heavy atom. The number of hydrogen-bond acceptors (Lipinski definition) is 5. The van der Waals surface area contributed by atoms with Crippen LogP contribution in [-0.4, -0.2) is 41.3 Å². The second-order valence-corrected chi connectivity index (χ2v) is 8.28. The molecule has 0 aliphatic carbocycles. The standard InChI is InChI=1S/C20H26N2O4S/c1-4-26-19-10-5-15(2)13-20(19)27(23,24)21-16-6-8-17(9-7-16)22-12-11-18(14-22)25-3/h5-10,13,18,21H,4,11-12,14H2,1-3H3. The molecule has 146 valence electrons. The Labute approximate surface area is 161 Å². The van der Waals surface area contributed by atoms with E-state index in [1.807, 2.05) is 32.0 Å². The van der Waals surface area contributed by atoms with Crippen molar-refractivity contribution in [1.82, 2.24) is 0 Å². The molecule has 3 rings (SSSR count). The number of ether oxygens (including phenoxy) is 2. The summed E-state index contributed by atoms with van der Waals surface area (Å²) in [6, 6.07) is 12.6. The van der Waals surface area contributed by atoms with Crippen molar-refractivity contribution in [3.63, 3.8) is 0 Å². The summed E-state index contributed by atoms with van der Waals surface area (Å²) < 4.78 is 39.2. The van der Waals surface area contributed by atoms with Crippen LogP contribution in [-0.2, 0) is 14.8 Å². The highest BCUT2D eigenvalue weighted by Gasteiger charge is 2.23. The average Bonchev–Trinajstić information content (AvgIpc) is 3.13. The number of benzene rings is 2. The molecule has 2 aromatic carbocycles. The summed E-state index contributed by atoms with van der Waals surface area (Å²) in [7, 11) is -2.01. The molecule has 0 bridgehead atoms. The Balaban J connectivity index is 1.78. The first-order valence-corrected chi connectivity index (χ1v) is 10.6. The van der Waals surface area contributed by atoms with E-state index in [4.69, 9.17) is 9.47 Å². The minimum Gasteiger partial charge on any atom is -0.492 e. The lowest BCUT2D eigenvalue weighted by atomic mass is 10.2. The van der Waals surface area contributed by atoms with Crippen molar-refractivity contribution in [2.24, 2.45) is 0 Å². The molecule has 0 aromatic heterocycles. The van der Waals surface area contributed by atoms with Crippen LogP contribution in [0, 0.1) is 6.92 Å². The normalized spacial score (nSPS) is 17.1. The van der Waals surface area contributed by atoms with Gasteiger partial charge >= 0.3 is 0 Å². The number of hydrogen-bond donors (Lipinski definition) is 1. The van der Waals surface area contributed by atoms with E-state index in [1.165, 1.54) is 0 Å². The summed E-state index contributed by atoms with van der Waals surface area (Å²) in [5.41, 5.74) is 2.43. The van der Waals surface area contributed by atoms with Gasteiger partial charge in [-0.2, -0.15) is 0 Å². The SMILES string of the molecule is CCOc1ccc(C)cc1S(=O)(=O)Nc1ccc(N2CCC(OC)C2)cc1. The van der Waals surface area contributed by atoms with Crippen molar-refractivity contribution in [1.29, 1.82) is 0 Å². The lowest BCUT2D eigenvalue weighted by molar-refractivity contribution is 0.121. The van der Waals surface area contributed by atoms with Crippen LogP contribution in [0.4, 0.5) is 11.4 Å². The summed E-state index contributed by atoms with van der Waals surface area (Å²) in [5, 5.41) is 0. The fourth-order valence-corrected chi connectivity index (χ4v) is 4.49. The third kappa shape index (κ3) is 4.54. The van der Waals surface area contributed by atoms with E-state index in [-0.39, 0.29) is 11.0 Å². The van der Waals surface area contributed by atoms with Crippen molar-refractivity contribution in [2.75, 3.05) is 36.4 Å². The van der Waals surface area contributed by atoms with Gasteiger partial charge in [-0.3, -0.25) is 4.72 Å². The van der Waals surface area contributed by atoms with Crippen molar-refractivity contribution in [2.45, 2.75) is 31.3 Å². The van der Waals surface area contributed by atoms with E-state index < -0.39 is 10.0 Å². The molecule has 0 radical (unpaired) electrons. The zero-order valence-corrected chi connectivity index (χ0v) is 16.8. The number of aryl methyl sites for hydroxylation is 1. The number of rotatable bonds is 7. The summed E-state index contributed by atoms with van der Waals surface area (Å²) >= 11 is 0. The molecule has 0 spiro atoms. The Bertz CT molecular complexity index is 881. The van der Waals surface area contributed by atoms with Crippen LogP contribution in [0.1, 0.15) is 18.9 Å². The van der Waals surface area contributed by atoms with E-state index in [0.717, 1.165) is 30.8 Å². The second-order valence-electron chi connectivity index (χ2n) is 6.63. The number of sulfonamides is 1. The average molecular weight is 391 g/mol. The fourth-order valence-electron chi connectivity index (χ4n) is 3.21. The molecule has 27 heavy (non-hydrogen) atoms. The first kappa shape index (κ1) is 19.5. The Kier molecular flexibility index (Phi) is 5.92. The molecule has 1 atom stereocenters. The highest BCUT2D eigenvalue weighted by molar-refractivity contribution is 7.92. The van der Waals surface area contributed by atoms with Gasteiger partial charge in [-0.1, -0.05) is 6.07 Å². The van der Waals surface area contributed by atoms with E-state index >= 15 is 0 Å². The zero-order chi connectivity index (χ0) is 19.4. The van der Waals surface area contributed by atoms with Crippen molar-refractivity contribution < 1.29 is 17.9 Å². The van der Waals surface area contributed by atoms with Crippen LogP contribution in [0.5, 0.6) is 5.75 Å². The van der Waals surface area contributed by atoms with Gasteiger partial charge in [0, 0.05) is 31.6 Å². The van der Waals surface area contributed by atoms with Gasteiger partial charge in [-0.25, -0.2) is 8.42 Å². The molecule has 1 unspecified atom stereocenters. The largest absolute Gasteiger partial charge is 0.492 e. The molecule has 6 nitrogen and oxygen atoms in total. The predicted octanol–water partition coefficient (Wildman–Crippen LogP) is 3.42. The first-order chi connectivity index (χ1) is 12.9. The molecular formula is C20H26N2O4S. The summed E-state index contributed by atoms with van der Waals surface area (Å²) in [4.78, 5) is 2.39. The Morgan fingerprint density at radius 2 is 1.93 bits per heavy atom. The summed E-state index contributed by atoms with van der Waals surface area (Å²) in [5.74, 6) is 0.356. The minimum absolute atomic E-state index is 0.149. The lowest BCUT2D eigenvalue weighted by Gasteiger charge is -2.19. The summed E-state index contributed by atoms with van der Waals surface area (Å²) in [6.45, 7) is 5.87. The highest BCUT2D eigenvalue weighted by Crippen LogP contribution is 2.28. The van der Waals surface area contributed by atoms with Crippen molar-refractivity contribution in [3.05, 3.63) is 48.0 Å². The lowest BCUT2D eigenvalue weighted by Crippen LogP contribution is -2.22. The maximum atomic E-state index is 12.9. The molecule has 1 N–H and O–H groups in total. The predicted molar refractivity (Wildman–Crippen MR) is 107 cm³/mol. The topological polar surface area (TPSA) is 67.9 Å². The smallest absolute Gasteiger partial charge is 0.265 e. The molecule has 0 saturated carbocycles. The number of nitrogens with zero attached hydrogens (tertiary/aromatic N) is 1. The third-order valence-corrected chi connectivity index (χ3v) is 6.05. The van der Waals surface area contributed by atoms with Gasteiger partial charge in [-0.15, -0.1) is 0 Å². The monoisotopic (exact) mass is 390 g/mol. The number of methoxy groups -OCH3 is 1. The van der Waals surface area contributed by atoms with Crippen LogP contribution < -0.4 is 14.4 Å². The van der Waals surface area contributed by atoms with Crippen molar-refractivity contribution >= 4 is 21.4 Å². The van der Waals surface area contributed by atoms with Crippen molar-refractivity contribution in [3.8, 4) is 5.75 Å². The van der Waals surface area contributed by atoms with Gasteiger partial charge in [-0.05, 0) is 62.2 Å². The molecular weight excluding hydrogens is 364 g/mol. The van der Waals surface area contributed by atoms with Crippen LogP contribution in [0.3, 0.4) is 0 Å². The van der Waals surface area contributed by atoms with E-state index in [0.29, 0.717) is 18.0 Å². The van der Waals surface area contributed by atoms with Gasteiger partial charge in [0.05, 0.1) is 12.7 Å². The quantitative estimate of drug-likeness (QED) is 0.785. The molecule has 1 saturated heterocycles. The van der Waals surface area contributed by atoms with Gasteiger partial charge in [0.2, 0.25) is 0 Å². The van der Waals surface area contributed by atoms with E-state index in [2.05, 4.69) is 9.62 Å². The fraction of sp³-hybridized carbons (Fsp3) is 0.400. The number of anilines is 2. The van der Waals surface area contributed by atoms with E-state index in [1.54, 1.807) is 31.4 Å². The minimum atomic E-state index is -3.74.